The smallest absolute Gasteiger partial charge is 0.0289 e. The number of hydrogen-bond acceptors (Lipinski definition) is 0. The minimum atomic E-state index is 0.877. The van der Waals surface area contributed by atoms with Crippen molar-refractivity contribution in [2.24, 2.45) is 29.1 Å². The van der Waals surface area contributed by atoms with Crippen molar-refractivity contribution >= 4 is 0 Å². The van der Waals surface area contributed by atoms with Gasteiger partial charge in [-0.25, -0.2) is 0 Å². The summed E-state index contributed by atoms with van der Waals surface area (Å²) in [5, 5.41) is 0. The van der Waals surface area contributed by atoms with Crippen molar-refractivity contribution < 1.29 is 0 Å². The van der Waals surface area contributed by atoms with Crippen molar-refractivity contribution in [3.63, 3.8) is 0 Å². The topological polar surface area (TPSA) is 0 Å². The minimum absolute atomic E-state index is 0.877. The van der Waals surface area contributed by atoms with Gasteiger partial charge in [-0.05, 0) is 86.9 Å². The normalized spacial score (nSPS) is 60.0. The predicted molar refractivity (Wildman–Crippen MR) is 57.9 cm³/mol. The third-order valence-corrected chi connectivity index (χ3v) is 5.91. The average Bonchev–Trinajstić information content (AvgIpc) is 2.28. The molecule has 2 unspecified atom stereocenters. The first-order chi connectivity index (χ1) is 6.81. The zero-order valence-corrected chi connectivity index (χ0v) is 9.17. The van der Waals surface area contributed by atoms with Crippen LogP contribution in [0.25, 0.3) is 0 Å². The Hall–Kier alpha value is 0. The van der Waals surface area contributed by atoms with Crippen LogP contribution in [0.15, 0.2) is 0 Å². The van der Waals surface area contributed by atoms with Gasteiger partial charge in [0.2, 0.25) is 0 Å². The van der Waals surface area contributed by atoms with Crippen LogP contribution >= 0.6 is 0 Å². The Kier molecular flexibility index (Phi) is 1.50. The van der Waals surface area contributed by atoms with E-state index >= 15 is 0 Å². The molecule has 0 saturated heterocycles. The largest absolute Gasteiger partial charge is 0.0499 e. The van der Waals surface area contributed by atoms with Crippen molar-refractivity contribution in [2.75, 3.05) is 0 Å². The van der Waals surface area contributed by atoms with Gasteiger partial charge in [0.1, 0.15) is 0 Å². The van der Waals surface area contributed by atoms with E-state index in [1.54, 1.807) is 57.8 Å². The van der Waals surface area contributed by atoms with Gasteiger partial charge in [-0.15, -0.1) is 0 Å². The van der Waals surface area contributed by atoms with Crippen LogP contribution in [0.5, 0.6) is 0 Å². The molecule has 4 aliphatic carbocycles. The Morgan fingerprint density at radius 3 is 1.71 bits per heavy atom. The fourth-order valence-corrected chi connectivity index (χ4v) is 5.91. The predicted octanol–water partition coefficient (Wildman–Crippen LogP) is 4.00. The van der Waals surface area contributed by atoms with Gasteiger partial charge in [-0.3, -0.25) is 0 Å². The lowest BCUT2D eigenvalue weighted by Gasteiger charge is -2.51. The van der Waals surface area contributed by atoms with Gasteiger partial charge < -0.3 is 0 Å². The molecule has 78 valence electrons. The molecule has 14 heavy (non-hydrogen) atoms. The molecule has 0 aromatic rings. The van der Waals surface area contributed by atoms with Crippen LogP contribution in [0.3, 0.4) is 0 Å². The number of hydrogen-bond donors (Lipinski definition) is 0. The highest BCUT2D eigenvalue weighted by Gasteiger charge is 2.50. The van der Waals surface area contributed by atoms with E-state index in [1.165, 1.54) is 0 Å². The van der Waals surface area contributed by atoms with Crippen molar-refractivity contribution in [1.29, 1.82) is 0 Å². The van der Waals surface area contributed by atoms with Crippen LogP contribution in [-0.4, -0.2) is 0 Å². The molecule has 1 spiro atoms. The minimum Gasteiger partial charge on any atom is -0.0499 e. The zero-order chi connectivity index (χ0) is 9.17. The van der Waals surface area contributed by atoms with E-state index in [0.29, 0.717) is 0 Å². The maximum Gasteiger partial charge on any atom is -0.0289 e. The molecule has 4 saturated carbocycles. The summed E-state index contributed by atoms with van der Waals surface area (Å²) in [6, 6.07) is 0. The first-order valence-corrected chi connectivity index (χ1v) is 6.81. The third kappa shape index (κ3) is 1.06. The lowest BCUT2D eigenvalue weighted by atomic mass is 9.54. The van der Waals surface area contributed by atoms with Crippen LogP contribution in [0.2, 0.25) is 0 Å². The maximum absolute atomic E-state index is 1.64. The second-order valence-electron chi connectivity index (χ2n) is 7.06. The van der Waals surface area contributed by atoms with Crippen molar-refractivity contribution in [3.05, 3.63) is 0 Å². The second-order valence-corrected chi connectivity index (χ2v) is 7.06. The highest BCUT2D eigenvalue weighted by atomic mass is 14.6. The summed E-state index contributed by atoms with van der Waals surface area (Å²) in [5.41, 5.74) is 0.877. The Balaban J connectivity index is 1.81. The fourth-order valence-electron chi connectivity index (χ4n) is 5.91. The summed E-state index contributed by atoms with van der Waals surface area (Å²) in [5.74, 6) is 4.62. The number of fused-ring (bicyclic) bond motifs is 5. The van der Waals surface area contributed by atoms with Crippen LogP contribution in [0, 0.1) is 29.1 Å². The molecule has 0 radical (unpaired) electrons. The van der Waals surface area contributed by atoms with E-state index in [2.05, 4.69) is 0 Å². The monoisotopic (exact) mass is 190 g/mol. The fraction of sp³-hybridized carbons (Fsp3) is 1.00. The van der Waals surface area contributed by atoms with Crippen LogP contribution in [-0.2, 0) is 0 Å². The molecule has 2 atom stereocenters. The molecule has 5 bridgehead atoms. The van der Waals surface area contributed by atoms with Crippen LogP contribution < -0.4 is 0 Å². The van der Waals surface area contributed by atoms with E-state index in [9.17, 15) is 0 Å². The van der Waals surface area contributed by atoms with Gasteiger partial charge in [-0.2, -0.15) is 0 Å². The average molecular weight is 190 g/mol. The number of rotatable bonds is 0. The van der Waals surface area contributed by atoms with E-state index in [0.717, 1.165) is 29.1 Å². The van der Waals surface area contributed by atoms with Gasteiger partial charge >= 0.3 is 0 Å². The van der Waals surface area contributed by atoms with E-state index in [1.807, 2.05) is 0 Å². The summed E-state index contributed by atoms with van der Waals surface area (Å²) in [6.45, 7) is 0. The van der Waals surface area contributed by atoms with Gasteiger partial charge in [0.25, 0.3) is 0 Å². The molecule has 0 N–H and O–H groups in total. The lowest BCUT2D eigenvalue weighted by Crippen LogP contribution is -2.40. The van der Waals surface area contributed by atoms with Gasteiger partial charge in [0.15, 0.2) is 0 Å². The molecule has 4 fully saturated rings. The van der Waals surface area contributed by atoms with Gasteiger partial charge in [0.05, 0.1) is 0 Å². The highest BCUT2D eigenvalue weighted by molar-refractivity contribution is 5.01. The first-order valence-electron chi connectivity index (χ1n) is 6.81. The molecule has 0 aromatic heterocycles. The Morgan fingerprint density at radius 2 is 1.14 bits per heavy atom. The summed E-state index contributed by atoms with van der Waals surface area (Å²) in [4.78, 5) is 0. The Bertz CT molecular complexity index is 237. The SMILES string of the molecule is C1CC23CC4CC1CC(CC(C4)C2)C3. The van der Waals surface area contributed by atoms with E-state index in [-0.39, 0.29) is 0 Å². The Labute approximate surface area is 87.5 Å². The third-order valence-electron chi connectivity index (χ3n) is 5.91. The summed E-state index contributed by atoms with van der Waals surface area (Å²) >= 11 is 0. The summed E-state index contributed by atoms with van der Waals surface area (Å²) < 4.78 is 0. The molecule has 0 aliphatic heterocycles. The zero-order valence-electron chi connectivity index (χ0n) is 9.17. The molecular formula is C14H22. The summed E-state index contributed by atoms with van der Waals surface area (Å²) in [7, 11) is 0. The summed E-state index contributed by atoms with van der Waals surface area (Å²) in [6.07, 6.45) is 14.6. The molecule has 0 heteroatoms. The second kappa shape index (κ2) is 2.57. The molecule has 0 amide bonds. The molecule has 0 aromatic carbocycles. The quantitative estimate of drug-likeness (QED) is 0.541. The van der Waals surface area contributed by atoms with E-state index in [4.69, 9.17) is 0 Å². The Morgan fingerprint density at radius 1 is 0.643 bits per heavy atom. The van der Waals surface area contributed by atoms with Crippen molar-refractivity contribution in [2.45, 2.75) is 57.8 Å². The first kappa shape index (κ1) is 8.19. The molecule has 0 nitrogen and oxygen atoms in total. The van der Waals surface area contributed by atoms with Crippen LogP contribution in [0.4, 0.5) is 0 Å². The van der Waals surface area contributed by atoms with E-state index < -0.39 is 0 Å². The molecule has 4 aliphatic rings. The molecule has 4 rings (SSSR count). The van der Waals surface area contributed by atoms with Gasteiger partial charge in [0, 0.05) is 0 Å². The lowest BCUT2D eigenvalue weighted by molar-refractivity contribution is -0.00128. The van der Waals surface area contributed by atoms with Gasteiger partial charge in [-0.1, -0.05) is 0 Å². The molecule has 0 heterocycles. The standard InChI is InChI=1S/C14H22/c1-2-14-7-11-3-10(1)4-12(8-14)6-13(5-11)9-14/h10-13H,1-9H2. The highest BCUT2D eigenvalue weighted by Crippen LogP contribution is 2.62. The van der Waals surface area contributed by atoms with Crippen molar-refractivity contribution in [1.82, 2.24) is 0 Å². The maximum atomic E-state index is 1.64. The van der Waals surface area contributed by atoms with Crippen molar-refractivity contribution in [3.8, 4) is 0 Å². The molecular weight excluding hydrogens is 168 g/mol. The van der Waals surface area contributed by atoms with Crippen LogP contribution in [0.1, 0.15) is 57.8 Å².